The number of hydrogen-bond acceptors (Lipinski definition) is 4. The van der Waals surface area contributed by atoms with Crippen molar-refractivity contribution in [2.24, 2.45) is 5.84 Å². The lowest BCUT2D eigenvalue weighted by atomic mass is 9.99. The highest BCUT2D eigenvalue weighted by molar-refractivity contribution is 14.1. The van der Waals surface area contributed by atoms with Crippen LogP contribution < -0.4 is 16.8 Å². The molecule has 0 saturated carbocycles. The molecule has 1 aromatic carbocycles. The third-order valence-corrected chi connectivity index (χ3v) is 3.97. The van der Waals surface area contributed by atoms with Crippen LogP contribution in [-0.2, 0) is 11.3 Å². The Bertz CT molecular complexity index is 697. The Labute approximate surface area is 135 Å². The van der Waals surface area contributed by atoms with E-state index in [2.05, 4.69) is 10.4 Å². The summed E-state index contributed by atoms with van der Waals surface area (Å²) in [5, 5.41) is 0. The summed E-state index contributed by atoms with van der Waals surface area (Å²) in [7, 11) is 0. The molecule has 7 heteroatoms. The van der Waals surface area contributed by atoms with Crippen molar-refractivity contribution in [2.75, 3.05) is 0 Å². The normalized spacial score (nSPS) is 12.0. The zero-order valence-electron chi connectivity index (χ0n) is 11.4. The molecule has 1 amide bonds. The number of nitrogens with one attached hydrogen (secondary N) is 1. The van der Waals surface area contributed by atoms with Crippen LogP contribution in [0.2, 0.25) is 0 Å². The Kier molecular flexibility index (Phi) is 5.07. The van der Waals surface area contributed by atoms with Gasteiger partial charge in [-0.25, -0.2) is 10.8 Å². The summed E-state index contributed by atoms with van der Waals surface area (Å²) in [4.78, 5) is 27.4. The summed E-state index contributed by atoms with van der Waals surface area (Å²) in [5.74, 6) is 4.58. The van der Waals surface area contributed by atoms with Crippen LogP contribution in [0, 0.1) is 3.57 Å². The number of hydrazine groups is 1. The second kappa shape index (κ2) is 6.81. The lowest BCUT2D eigenvalue weighted by molar-refractivity contribution is -0.122. The number of nitrogens with zero attached hydrogens (tertiary/aromatic N) is 2. The van der Waals surface area contributed by atoms with Crippen LogP contribution in [0.25, 0.3) is 0 Å². The molecule has 0 bridgehead atoms. The average molecular weight is 398 g/mol. The van der Waals surface area contributed by atoms with Gasteiger partial charge in [0.1, 0.15) is 0 Å². The number of aromatic nitrogens is 2. The maximum absolute atomic E-state index is 11.9. The van der Waals surface area contributed by atoms with E-state index in [4.69, 9.17) is 5.84 Å². The quantitative estimate of drug-likeness (QED) is 0.348. The molecule has 21 heavy (non-hydrogen) atoms. The Morgan fingerprint density at radius 2 is 2.10 bits per heavy atom. The van der Waals surface area contributed by atoms with Gasteiger partial charge in [-0.3, -0.25) is 19.6 Å². The van der Waals surface area contributed by atoms with E-state index in [1.165, 1.54) is 12.5 Å². The molecule has 2 rings (SSSR count). The van der Waals surface area contributed by atoms with Gasteiger partial charge in [-0.15, -0.1) is 0 Å². The first-order valence-electron chi connectivity index (χ1n) is 6.32. The molecule has 0 aliphatic carbocycles. The Hall–Kier alpha value is -1.74. The second-order valence-electron chi connectivity index (χ2n) is 4.65. The highest BCUT2D eigenvalue weighted by Gasteiger charge is 2.13. The van der Waals surface area contributed by atoms with Crippen LogP contribution >= 0.6 is 22.6 Å². The van der Waals surface area contributed by atoms with Crippen molar-refractivity contribution in [3.8, 4) is 0 Å². The van der Waals surface area contributed by atoms with E-state index in [9.17, 15) is 9.59 Å². The molecule has 1 aromatic heterocycles. The number of rotatable bonds is 4. The largest absolute Gasteiger partial charge is 0.294 e. The number of amides is 1. The predicted octanol–water partition coefficient (Wildman–Crippen LogP) is 0.990. The number of carbonyl (C=O) groups is 1. The van der Waals surface area contributed by atoms with Gasteiger partial charge in [0.25, 0.3) is 5.56 Å². The van der Waals surface area contributed by atoms with Crippen LogP contribution in [0.5, 0.6) is 0 Å². The summed E-state index contributed by atoms with van der Waals surface area (Å²) in [6, 6.07) is 7.51. The van der Waals surface area contributed by atoms with Crippen molar-refractivity contribution in [2.45, 2.75) is 19.4 Å². The average Bonchev–Trinajstić information content (AvgIpc) is 2.51. The van der Waals surface area contributed by atoms with Gasteiger partial charge in [0.2, 0.25) is 5.91 Å². The topological polar surface area (TPSA) is 90.0 Å². The molecule has 0 saturated heterocycles. The number of halogens is 1. The van der Waals surface area contributed by atoms with Crippen molar-refractivity contribution in [3.63, 3.8) is 0 Å². The number of nitrogens with two attached hydrogens (primary N) is 1. The first-order valence-corrected chi connectivity index (χ1v) is 7.40. The molecule has 1 atom stereocenters. The van der Waals surface area contributed by atoms with E-state index in [0.29, 0.717) is 10.1 Å². The van der Waals surface area contributed by atoms with Gasteiger partial charge in [0.15, 0.2) is 0 Å². The molecule has 2 aromatic rings. The smallest absolute Gasteiger partial charge is 0.267 e. The fourth-order valence-corrected chi connectivity index (χ4v) is 2.39. The van der Waals surface area contributed by atoms with E-state index in [1.54, 1.807) is 11.5 Å². The molecule has 1 heterocycles. The van der Waals surface area contributed by atoms with Gasteiger partial charge in [0, 0.05) is 6.20 Å². The first kappa shape index (κ1) is 15.6. The van der Waals surface area contributed by atoms with Crippen molar-refractivity contribution in [1.29, 1.82) is 0 Å². The van der Waals surface area contributed by atoms with E-state index in [0.717, 1.165) is 11.1 Å². The van der Waals surface area contributed by atoms with Crippen molar-refractivity contribution in [3.05, 3.63) is 61.8 Å². The highest BCUT2D eigenvalue weighted by atomic mass is 127. The SMILES string of the molecule is CC(C(=O)NN)c1ccc(Cn2cncc(I)c2=O)cc1. The Balaban J connectivity index is 2.18. The van der Waals surface area contributed by atoms with Crippen molar-refractivity contribution in [1.82, 2.24) is 15.0 Å². The number of carbonyl (C=O) groups excluding carboxylic acids is 1. The summed E-state index contributed by atoms with van der Waals surface area (Å²) in [6.45, 7) is 2.23. The van der Waals surface area contributed by atoms with Crippen molar-refractivity contribution < 1.29 is 4.79 Å². The van der Waals surface area contributed by atoms with Crippen LogP contribution in [0.3, 0.4) is 0 Å². The molecule has 0 spiro atoms. The van der Waals surface area contributed by atoms with Crippen molar-refractivity contribution >= 4 is 28.5 Å². The van der Waals surface area contributed by atoms with Gasteiger partial charge >= 0.3 is 0 Å². The van der Waals surface area contributed by atoms with Crippen LogP contribution in [0.4, 0.5) is 0 Å². The fourth-order valence-electron chi connectivity index (χ4n) is 1.92. The predicted molar refractivity (Wildman–Crippen MR) is 87.5 cm³/mol. The Morgan fingerprint density at radius 1 is 1.43 bits per heavy atom. The molecule has 0 radical (unpaired) electrons. The molecule has 0 fully saturated rings. The summed E-state index contributed by atoms with van der Waals surface area (Å²) < 4.78 is 2.13. The molecule has 3 N–H and O–H groups in total. The summed E-state index contributed by atoms with van der Waals surface area (Å²) in [5.41, 5.74) is 3.91. The van der Waals surface area contributed by atoms with Crippen LogP contribution in [-0.4, -0.2) is 15.5 Å². The lowest BCUT2D eigenvalue weighted by Crippen LogP contribution is -2.33. The molecule has 1 unspecified atom stereocenters. The monoisotopic (exact) mass is 398 g/mol. The maximum Gasteiger partial charge on any atom is 0.267 e. The minimum Gasteiger partial charge on any atom is -0.294 e. The summed E-state index contributed by atoms with van der Waals surface area (Å²) >= 11 is 1.97. The van der Waals surface area contributed by atoms with E-state index in [-0.39, 0.29) is 17.4 Å². The fraction of sp³-hybridized carbons (Fsp3) is 0.214. The minimum absolute atomic E-state index is 0.0643. The molecular formula is C14H15IN4O2. The van der Waals surface area contributed by atoms with E-state index >= 15 is 0 Å². The maximum atomic E-state index is 11.9. The second-order valence-corrected chi connectivity index (χ2v) is 5.81. The molecular weight excluding hydrogens is 383 g/mol. The number of benzene rings is 1. The van der Waals surface area contributed by atoms with Gasteiger partial charge < -0.3 is 0 Å². The van der Waals surface area contributed by atoms with Gasteiger partial charge in [0.05, 0.1) is 22.4 Å². The number of hydrogen-bond donors (Lipinski definition) is 2. The van der Waals surface area contributed by atoms with Gasteiger partial charge in [-0.05, 0) is 40.6 Å². The molecule has 0 aliphatic rings. The summed E-state index contributed by atoms with van der Waals surface area (Å²) in [6.07, 6.45) is 3.05. The highest BCUT2D eigenvalue weighted by Crippen LogP contribution is 2.16. The standard InChI is InChI=1S/C14H15IN4O2/c1-9(13(20)18-16)11-4-2-10(3-5-11)7-19-8-17-6-12(15)14(19)21/h2-6,8-9H,7,16H2,1H3,(H,18,20). The lowest BCUT2D eigenvalue weighted by Gasteiger charge is -2.11. The molecule has 110 valence electrons. The third-order valence-electron chi connectivity index (χ3n) is 3.23. The van der Waals surface area contributed by atoms with E-state index in [1.807, 2.05) is 46.9 Å². The minimum atomic E-state index is -0.314. The molecule has 6 nitrogen and oxygen atoms in total. The molecule has 0 aliphatic heterocycles. The van der Waals surface area contributed by atoms with E-state index < -0.39 is 0 Å². The van der Waals surface area contributed by atoms with Crippen LogP contribution in [0.1, 0.15) is 24.0 Å². The van der Waals surface area contributed by atoms with Crippen LogP contribution in [0.15, 0.2) is 41.6 Å². The third kappa shape index (κ3) is 3.67. The zero-order chi connectivity index (χ0) is 15.4. The zero-order valence-corrected chi connectivity index (χ0v) is 13.6. The first-order chi connectivity index (χ1) is 10.0. The van der Waals surface area contributed by atoms with Gasteiger partial charge in [-0.2, -0.15) is 0 Å². The Morgan fingerprint density at radius 3 is 2.71 bits per heavy atom. The van der Waals surface area contributed by atoms with Gasteiger partial charge in [-0.1, -0.05) is 24.3 Å².